The number of rotatable bonds is 8. The van der Waals surface area contributed by atoms with Crippen molar-refractivity contribution in [2.75, 3.05) is 18.2 Å². The molecular formula is C27H26N2O5S. The first-order valence-corrected chi connectivity index (χ1v) is 12.9. The summed E-state index contributed by atoms with van der Waals surface area (Å²) in [6, 6.07) is 23.0. The maximum atomic E-state index is 13.2. The van der Waals surface area contributed by atoms with Crippen LogP contribution in [-0.2, 0) is 16.4 Å². The van der Waals surface area contributed by atoms with Crippen molar-refractivity contribution in [3.8, 4) is 22.8 Å². The zero-order valence-corrected chi connectivity index (χ0v) is 20.2. The first-order chi connectivity index (χ1) is 16.8. The maximum Gasteiger partial charge on any atom is 0.257 e. The van der Waals surface area contributed by atoms with Crippen molar-refractivity contribution >= 4 is 21.4 Å². The van der Waals surface area contributed by atoms with E-state index in [9.17, 15) is 18.3 Å². The fraction of sp³-hybridized carbons (Fsp3) is 0.148. The van der Waals surface area contributed by atoms with E-state index in [0.717, 1.165) is 23.1 Å². The quantitative estimate of drug-likeness (QED) is 0.366. The summed E-state index contributed by atoms with van der Waals surface area (Å²) in [5.74, 6) is 0.977. The number of carbonyl (C=O) groups excluding carboxylic acids is 1. The molecule has 0 unspecified atom stereocenters. The molecule has 7 nitrogen and oxygen atoms in total. The van der Waals surface area contributed by atoms with Gasteiger partial charge in [-0.15, -0.1) is 0 Å². The number of carbonyl (C=O) groups is 1. The molecule has 8 heteroatoms. The third-order valence-corrected chi connectivity index (χ3v) is 6.70. The molecular weight excluding hydrogens is 464 g/mol. The highest BCUT2D eigenvalue weighted by Gasteiger charge is 2.22. The van der Waals surface area contributed by atoms with Gasteiger partial charge in [-0.05, 0) is 61.0 Å². The van der Waals surface area contributed by atoms with Crippen LogP contribution in [0.25, 0.3) is 11.3 Å². The highest BCUT2D eigenvalue weighted by Crippen LogP contribution is 2.37. The van der Waals surface area contributed by atoms with Gasteiger partial charge < -0.3 is 19.7 Å². The van der Waals surface area contributed by atoms with Gasteiger partial charge in [-0.2, -0.15) is 0 Å². The molecule has 0 fully saturated rings. The molecule has 0 bridgehead atoms. The third kappa shape index (κ3) is 5.45. The van der Waals surface area contributed by atoms with Crippen LogP contribution >= 0.6 is 0 Å². The molecule has 0 saturated heterocycles. The molecule has 2 N–H and O–H groups in total. The van der Waals surface area contributed by atoms with Gasteiger partial charge in [0.25, 0.3) is 5.91 Å². The number of aliphatic hydroxyl groups is 1. The van der Waals surface area contributed by atoms with Crippen LogP contribution in [0.1, 0.15) is 15.9 Å². The van der Waals surface area contributed by atoms with E-state index in [-0.39, 0.29) is 17.4 Å². The first kappa shape index (κ1) is 24.3. The lowest BCUT2D eigenvalue weighted by Gasteiger charge is -2.14. The fourth-order valence-corrected chi connectivity index (χ4v) is 4.51. The van der Waals surface area contributed by atoms with E-state index in [1.54, 1.807) is 18.3 Å². The maximum absolute atomic E-state index is 13.2. The van der Waals surface area contributed by atoms with Gasteiger partial charge >= 0.3 is 0 Å². The van der Waals surface area contributed by atoms with Crippen LogP contribution in [0.3, 0.4) is 0 Å². The number of para-hydroxylation sites is 2. The van der Waals surface area contributed by atoms with Crippen LogP contribution < -0.4 is 10.1 Å². The van der Waals surface area contributed by atoms with E-state index in [2.05, 4.69) is 5.32 Å². The zero-order valence-electron chi connectivity index (χ0n) is 19.4. The predicted octanol–water partition coefficient (Wildman–Crippen LogP) is 4.90. The molecule has 0 aliphatic heterocycles. The summed E-state index contributed by atoms with van der Waals surface area (Å²) in [4.78, 5) is 13.3. The molecule has 0 atom stereocenters. The van der Waals surface area contributed by atoms with Crippen molar-refractivity contribution < 1.29 is 23.1 Å². The molecule has 1 amide bonds. The number of amides is 1. The Hall–Kier alpha value is -3.88. The van der Waals surface area contributed by atoms with Crippen LogP contribution in [0.5, 0.6) is 11.5 Å². The van der Waals surface area contributed by atoms with Gasteiger partial charge in [0.15, 0.2) is 9.84 Å². The summed E-state index contributed by atoms with van der Waals surface area (Å²) in [5, 5.41) is 12.5. The Bertz CT molecular complexity index is 1440. The molecule has 4 aromatic rings. The number of sulfone groups is 1. The third-order valence-electron chi connectivity index (χ3n) is 5.57. The Kier molecular flexibility index (Phi) is 7.04. The van der Waals surface area contributed by atoms with Crippen molar-refractivity contribution in [3.05, 3.63) is 96.2 Å². The van der Waals surface area contributed by atoms with E-state index in [4.69, 9.17) is 4.74 Å². The van der Waals surface area contributed by atoms with E-state index in [1.165, 1.54) is 12.1 Å². The number of aromatic nitrogens is 1. The standard InChI is InChI=1S/C27H26N2O5S/c1-19-24(27(31)28-20-12-14-22(15-13-20)35(2,32)33)18-29(16-17-30)26(19)23-10-6-7-11-25(23)34-21-8-4-3-5-9-21/h3-15,18,30H,16-17H2,1-2H3,(H,28,31). The van der Waals surface area contributed by atoms with E-state index in [1.807, 2.05) is 66.1 Å². The minimum absolute atomic E-state index is 0.100. The number of ether oxygens (including phenoxy) is 1. The van der Waals surface area contributed by atoms with E-state index in [0.29, 0.717) is 29.3 Å². The second kappa shape index (κ2) is 10.2. The van der Waals surface area contributed by atoms with Crippen molar-refractivity contribution in [2.45, 2.75) is 18.4 Å². The Labute approximate surface area is 204 Å². The summed E-state index contributed by atoms with van der Waals surface area (Å²) in [6.45, 7) is 2.05. The smallest absolute Gasteiger partial charge is 0.257 e. The highest BCUT2D eigenvalue weighted by molar-refractivity contribution is 7.90. The summed E-state index contributed by atoms with van der Waals surface area (Å²) >= 11 is 0. The highest BCUT2D eigenvalue weighted by atomic mass is 32.2. The number of anilines is 1. The van der Waals surface area contributed by atoms with Crippen LogP contribution in [-0.4, -0.2) is 36.9 Å². The van der Waals surface area contributed by atoms with Crippen LogP contribution in [0, 0.1) is 6.92 Å². The summed E-state index contributed by atoms with van der Waals surface area (Å²) in [7, 11) is -3.32. The summed E-state index contributed by atoms with van der Waals surface area (Å²) in [5.41, 5.74) is 3.20. The summed E-state index contributed by atoms with van der Waals surface area (Å²) in [6.07, 6.45) is 2.84. The van der Waals surface area contributed by atoms with Gasteiger partial charge in [-0.25, -0.2) is 8.42 Å². The lowest BCUT2D eigenvalue weighted by atomic mass is 10.0. The van der Waals surface area contributed by atoms with Crippen molar-refractivity contribution in [1.82, 2.24) is 4.57 Å². The number of hydrogen-bond acceptors (Lipinski definition) is 5. The van der Waals surface area contributed by atoms with Gasteiger partial charge in [-0.3, -0.25) is 4.79 Å². The lowest BCUT2D eigenvalue weighted by molar-refractivity contribution is 0.102. The van der Waals surface area contributed by atoms with Crippen LogP contribution in [0.15, 0.2) is 90.0 Å². The molecule has 0 aliphatic carbocycles. The molecule has 180 valence electrons. The molecule has 3 aromatic carbocycles. The van der Waals surface area contributed by atoms with Crippen LogP contribution in [0.2, 0.25) is 0 Å². The number of nitrogens with zero attached hydrogens (tertiary/aromatic N) is 1. The Morgan fingerprint density at radius 3 is 2.29 bits per heavy atom. The van der Waals surface area contributed by atoms with Crippen molar-refractivity contribution in [2.24, 2.45) is 0 Å². The molecule has 1 aromatic heterocycles. The number of benzene rings is 3. The van der Waals surface area contributed by atoms with Gasteiger partial charge in [-0.1, -0.05) is 30.3 Å². The minimum Gasteiger partial charge on any atom is -0.457 e. The molecule has 4 rings (SSSR count). The predicted molar refractivity (Wildman–Crippen MR) is 136 cm³/mol. The Balaban J connectivity index is 1.69. The van der Waals surface area contributed by atoms with Crippen molar-refractivity contribution in [3.63, 3.8) is 0 Å². The number of nitrogens with one attached hydrogen (secondary N) is 1. The van der Waals surface area contributed by atoms with Gasteiger partial charge in [0, 0.05) is 30.2 Å². The second-order valence-electron chi connectivity index (χ2n) is 8.10. The summed E-state index contributed by atoms with van der Waals surface area (Å²) < 4.78 is 31.4. The van der Waals surface area contributed by atoms with Crippen molar-refractivity contribution in [1.29, 1.82) is 0 Å². The Morgan fingerprint density at radius 2 is 1.63 bits per heavy atom. The average Bonchev–Trinajstić information content (AvgIpc) is 3.16. The van der Waals surface area contributed by atoms with Gasteiger partial charge in [0.05, 0.1) is 22.8 Å². The van der Waals surface area contributed by atoms with Gasteiger partial charge in [0.1, 0.15) is 11.5 Å². The largest absolute Gasteiger partial charge is 0.457 e. The molecule has 0 saturated carbocycles. The van der Waals surface area contributed by atoms with Crippen LogP contribution in [0.4, 0.5) is 5.69 Å². The zero-order chi connectivity index (χ0) is 25.0. The Morgan fingerprint density at radius 1 is 0.971 bits per heavy atom. The topological polar surface area (TPSA) is 97.6 Å². The number of hydrogen-bond donors (Lipinski definition) is 2. The second-order valence-corrected chi connectivity index (χ2v) is 10.1. The lowest BCUT2D eigenvalue weighted by Crippen LogP contribution is -2.12. The number of aliphatic hydroxyl groups excluding tert-OH is 1. The van der Waals surface area contributed by atoms with E-state index < -0.39 is 9.84 Å². The minimum atomic E-state index is -3.32. The normalized spacial score (nSPS) is 11.3. The molecule has 0 radical (unpaired) electrons. The monoisotopic (exact) mass is 490 g/mol. The first-order valence-electron chi connectivity index (χ1n) is 11.0. The molecule has 35 heavy (non-hydrogen) atoms. The molecule has 1 heterocycles. The van der Waals surface area contributed by atoms with E-state index >= 15 is 0 Å². The molecule has 0 spiro atoms. The average molecular weight is 491 g/mol. The molecule has 0 aliphatic rings. The SMILES string of the molecule is Cc1c(C(=O)Nc2ccc(S(C)(=O)=O)cc2)cn(CCO)c1-c1ccccc1Oc1ccccc1. The fourth-order valence-electron chi connectivity index (χ4n) is 3.88. The van der Waals surface area contributed by atoms with Gasteiger partial charge in [0.2, 0.25) is 0 Å².